The van der Waals surface area contributed by atoms with Gasteiger partial charge in [0.25, 0.3) is 0 Å². The first-order valence-electron chi connectivity index (χ1n) is 6.00. The molecule has 0 aliphatic rings. The molecule has 1 heterocycles. The third kappa shape index (κ3) is 2.14. The normalized spacial score (nSPS) is 12.8. The molecule has 0 bridgehead atoms. The highest BCUT2D eigenvalue weighted by Crippen LogP contribution is 2.39. The van der Waals surface area contributed by atoms with Crippen LogP contribution in [0.25, 0.3) is 10.9 Å². The lowest BCUT2D eigenvalue weighted by Crippen LogP contribution is -2.01. The van der Waals surface area contributed by atoms with Gasteiger partial charge in [-0.1, -0.05) is 29.3 Å². The van der Waals surface area contributed by atoms with Gasteiger partial charge in [0.15, 0.2) is 0 Å². The SMILES string of the molecule is Oc1ccc(Cl)c(Cl)c1C(O)c1ccc2[nH]ccc2c1. The summed E-state index contributed by atoms with van der Waals surface area (Å²) in [6.45, 7) is 0. The van der Waals surface area contributed by atoms with E-state index in [1.54, 1.807) is 6.07 Å². The van der Waals surface area contributed by atoms with Crippen LogP contribution in [0.1, 0.15) is 17.2 Å². The second-order valence-corrected chi connectivity index (χ2v) is 5.31. The van der Waals surface area contributed by atoms with Crippen molar-refractivity contribution in [2.45, 2.75) is 6.10 Å². The van der Waals surface area contributed by atoms with Crippen LogP contribution in [-0.2, 0) is 0 Å². The molecule has 3 nitrogen and oxygen atoms in total. The smallest absolute Gasteiger partial charge is 0.123 e. The number of aliphatic hydroxyl groups excluding tert-OH is 1. The number of phenolic OH excluding ortho intramolecular Hbond substituents is 1. The summed E-state index contributed by atoms with van der Waals surface area (Å²) >= 11 is 12.0. The predicted molar refractivity (Wildman–Crippen MR) is 80.5 cm³/mol. The van der Waals surface area contributed by atoms with Gasteiger partial charge in [-0.2, -0.15) is 0 Å². The molecule has 1 aromatic heterocycles. The van der Waals surface area contributed by atoms with Crippen LogP contribution < -0.4 is 0 Å². The molecule has 0 radical (unpaired) electrons. The van der Waals surface area contributed by atoms with Gasteiger partial charge in [0.2, 0.25) is 0 Å². The second-order valence-electron chi connectivity index (χ2n) is 4.52. The molecule has 3 aromatic rings. The fourth-order valence-electron chi connectivity index (χ4n) is 2.22. The van der Waals surface area contributed by atoms with Gasteiger partial charge in [0.05, 0.1) is 10.0 Å². The van der Waals surface area contributed by atoms with Crippen molar-refractivity contribution in [1.82, 2.24) is 4.98 Å². The Morgan fingerprint density at radius 2 is 1.85 bits per heavy atom. The standard InChI is InChI=1S/C15H11Cl2NO2/c16-10-2-4-12(19)13(14(10)17)15(20)9-1-3-11-8(7-9)5-6-18-11/h1-7,15,18-20H. The van der Waals surface area contributed by atoms with E-state index in [9.17, 15) is 10.2 Å². The van der Waals surface area contributed by atoms with Crippen molar-refractivity contribution < 1.29 is 10.2 Å². The lowest BCUT2D eigenvalue weighted by Gasteiger charge is -2.15. The van der Waals surface area contributed by atoms with Crippen LogP contribution in [0.15, 0.2) is 42.6 Å². The maximum Gasteiger partial charge on any atom is 0.123 e. The van der Waals surface area contributed by atoms with Crippen LogP contribution in [0.4, 0.5) is 0 Å². The molecule has 0 saturated carbocycles. The first-order chi connectivity index (χ1) is 9.58. The Morgan fingerprint density at radius 1 is 1.05 bits per heavy atom. The number of aromatic nitrogens is 1. The molecule has 1 unspecified atom stereocenters. The Labute approximate surface area is 125 Å². The van der Waals surface area contributed by atoms with Gasteiger partial charge in [-0.05, 0) is 41.3 Å². The summed E-state index contributed by atoms with van der Waals surface area (Å²) < 4.78 is 0. The molecular weight excluding hydrogens is 297 g/mol. The lowest BCUT2D eigenvalue weighted by atomic mass is 9.99. The van der Waals surface area contributed by atoms with Crippen LogP contribution in [0, 0.1) is 0 Å². The highest BCUT2D eigenvalue weighted by atomic mass is 35.5. The number of aromatic hydroxyl groups is 1. The average Bonchev–Trinajstić information content (AvgIpc) is 2.90. The minimum absolute atomic E-state index is 0.0823. The Bertz CT molecular complexity index is 783. The zero-order valence-corrected chi connectivity index (χ0v) is 11.8. The molecule has 0 fully saturated rings. The molecule has 2 aromatic carbocycles. The molecular formula is C15H11Cl2NO2. The fourth-order valence-corrected chi connectivity index (χ4v) is 2.65. The largest absolute Gasteiger partial charge is 0.508 e. The Kier molecular flexibility index (Phi) is 3.34. The van der Waals surface area contributed by atoms with E-state index < -0.39 is 6.10 Å². The number of nitrogens with one attached hydrogen (secondary N) is 1. The highest BCUT2D eigenvalue weighted by Gasteiger charge is 2.20. The maximum absolute atomic E-state index is 10.5. The summed E-state index contributed by atoms with van der Waals surface area (Å²) in [5.74, 6) is -0.0823. The van der Waals surface area contributed by atoms with E-state index in [0.717, 1.165) is 10.9 Å². The van der Waals surface area contributed by atoms with Crippen molar-refractivity contribution in [3.63, 3.8) is 0 Å². The van der Waals surface area contributed by atoms with E-state index in [2.05, 4.69) is 4.98 Å². The molecule has 102 valence electrons. The monoisotopic (exact) mass is 307 g/mol. The van der Waals surface area contributed by atoms with Crippen LogP contribution >= 0.6 is 23.2 Å². The van der Waals surface area contributed by atoms with Crippen molar-refractivity contribution >= 4 is 34.1 Å². The number of phenols is 1. The minimum Gasteiger partial charge on any atom is -0.508 e. The van der Waals surface area contributed by atoms with Crippen molar-refractivity contribution in [3.05, 3.63) is 63.8 Å². The van der Waals surface area contributed by atoms with Gasteiger partial charge >= 0.3 is 0 Å². The van der Waals surface area contributed by atoms with Gasteiger partial charge in [-0.15, -0.1) is 0 Å². The van der Waals surface area contributed by atoms with E-state index in [1.165, 1.54) is 12.1 Å². The number of fused-ring (bicyclic) bond motifs is 1. The van der Waals surface area contributed by atoms with Gasteiger partial charge in [-0.25, -0.2) is 0 Å². The summed E-state index contributed by atoms with van der Waals surface area (Å²) in [7, 11) is 0. The molecule has 0 aliphatic heterocycles. The first kappa shape index (κ1) is 13.3. The molecule has 0 aliphatic carbocycles. The van der Waals surface area contributed by atoms with Crippen LogP contribution in [0.5, 0.6) is 5.75 Å². The molecule has 0 spiro atoms. The minimum atomic E-state index is -1.04. The van der Waals surface area contributed by atoms with Gasteiger partial charge in [0, 0.05) is 17.3 Å². The van der Waals surface area contributed by atoms with Crippen molar-refractivity contribution in [1.29, 1.82) is 0 Å². The summed E-state index contributed by atoms with van der Waals surface area (Å²) in [6, 6.07) is 10.3. The lowest BCUT2D eigenvalue weighted by molar-refractivity contribution is 0.216. The number of hydrogen-bond donors (Lipinski definition) is 3. The number of hydrogen-bond acceptors (Lipinski definition) is 2. The van der Waals surface area contributed by atoms with Crippen LogP contribution in [-0.4, -0.2) is 15.2 Å². The van der Waals surface area contributed by atoms with Crippen molar-refractivity contribution in [2.24, 2.45) is 0 Å². The fraction of sp³-hybridized carbons (Fsp3) is 0.0667. The summed E-state index contributed by atoms with van der Waals surface area (Å²) in [5.41, 5.74) is 1.83. The van der Waals surface area contributed by atoms with E-state index in [0.29, 0.717) is 10.6 Å². The van der Waals surface area contributed by atoms with Crippen LogP contribution in [0.3, 0.4) is 0 Å². The Balaban J connectivity index is 2.12. The van der Waals surface area contributed by atoms with E-state index in [4.69, 9.17) is 23.2 Å². The van der Waals surface area contributed by atoms with E-state index in [1.807, 2.05) is 24.4 Å². The third-order valence-corrected chi connectivity index (χ3v) is 4.10. The maximum atomic E-state index is 10.5. The van der Waals surface area contributed by atoms with E-state index >= 15 is 0 Å². The highest BCUT2D eigenvalue weighted by molar-refractivity contribution is 6.42. The number of benzene rings is 2. The molecule has 0 amide bonds. The average molecular weight is 308 g/mol. The topological polar surface area (TPSA) is 56.2 Å². The van der Waals surface area contributed by atoms with Crippen molar-refractivity contribution in [2.75, 3.05) is 0 Å². The number of H-pyrrole nitrogens is 1. The molecule has 3 N–H and O–H groups in total. The van der Waals surface area contributed by atoms with Gasteiger partial charge in [0.1, 0.15) is 11.9 Å². The molecule has 3 rings (SSSR count). The third-order valence-electron chi connectivity index (χ3n) is 3.28. The van der Waals surface area contributed by atoms with Gasteiger partial charge in [-0.3, -0.25) is 0 Å². The number of halogens is 2. The van der Waals surface area contributed by atoms with Gasteiger partial charge < -0.3 is 15.2 Å². The summed E-state index contributed by atoms with van der Waals surface area (Å²) in [4.78, 5) is 3.08. The number of aliphatic hydroxyl groups is 1. The number of rotatable bonds is 2. The summed E-state index contributed by atoms with van der Waals surface area (Å²) in [5, 5.41) is 21.8. The molecule has 1 atom stereocenters. The second kappa shape index (κ2) is 5.02. The zero-order valence-electron chi connectivity index (χ0n) is 10.3. The molecule has 5 heteroatoms. The van der Waals surface area contributed by atoms with Crippen molar-refractivity contribution in [3.8, 4) is 5.75 Å². The number of aromatic amines is 1. The van der Waals surface area contributed by atoms with E-state index in [-0.39, 0.29) is 16.3 Å². The quantitative estimate of drug-likeness (QED) is 0.662. The predicted octanol–water partition coefficient (Wildman–Crippen LogP) is 4.26. The Hall–Kier alpha value is -1.68. The summed E-state index contributed by atoms with van der Waals surface area (Å²) in [6.07, 6.45) is 0.783. The first-order valence-corrected chi connectivity index (χ1v) is 6.75. The van der Waals surface area contributed by atoms with Crippen LogP contribution in [0.2, 0.25) is 10.0 Å². The molecule has 20 heavy (non-hydrogen) atoms. The zero-order chi connectivity index (χ0) is 14.3. The Morgan fingerprint density at radius 3 is 2.65 bits per heavy atom. The molecule has 0 saturated heterocycles.